The molecular formula is C20H24O. The molecule has 0 aliphatic carbocycles. The van der Waals surface area contributed by atoms with Gasteiger partial charge in [-0.2, -0.15) is 0 Å². The van der Waals surface area contributed by atoms with Gasteiger partial charge in [-0.05, 0) is 87.9 Å². The Kier molecular flexibility index (Phi) is 4.04. The summed E-state index contributed by atoms with van der Waals surface area (Å²) < 4.78 is 0. The zero-order chi connectivity index (χ0) is 15.9. The Morgan fingerprint density at radius 2 is 1.19 bits per heavy atom. The molecule has 0 unspecified atom stereocenters. The van der Waals surface area contributed by atoms with Crippen molar-refractivity contribution in [2.24, 2.45) is 0 Å². The standard InChI is InChI=1S/C20H24O/c1-11-8-9-12(2)18(10-11)20(21)19-16(6)14(4)13(3)15(5)17(19)7/h8-10H,1-7H3. The normalized spacial score (nSPS) is 10.8. The molecule has 0 saturated carbocycles. The van der Waals surface area contributed by atoms with E-state index in [4.69, 9.17) is 0 Å². The van der Waals surface area contributed by atoms with Gasteiger partial charge in [-0.1, -0.05) is 17.7 Å². The van der Waals surface area contributed by atoms with Crippen molar-refractivity contribution in [1.82, 2.24) is 0 Å². The van der Waals surface area contributed by atoms with E-state index in [1.54, 1.807) is 0 Å². The number of hydrogen-bond donors (Lipinski definition) is 0. The predicted molar refractivity (Wildman–Crippen MR) is 89.5 cm³/mol. The molecule has 0 aliphatic heterocycles. The molecule has 0 heterocycles. The Labute approximate surface area is 128 Å². The Bertz CT molecular complexity index is 707. The number of ketones is 1. The molecule has 0 bridgehead atoms. The molecule has 0 N–H and O–H groups in total. The van der Waals surface area contributed by atoms with Gasteiger partial charge in [0.05, 0.1) is 0 Å². The second-order valence-corrected chi connectivity index (χ2v) is 6.15. The number of carbonyl (C=O) groups excluding carboxylic acids is 1. The van der Waals surface area contributed by atoms with Crippen molar-refractivity contribution in [3.05, 3.63) is 68.3 Å². The lowest BCUT2D eigenvalue weighted by atomic mass is 9.85. The molecule has 1 nitrogen and oxygen atoms in total. The summed E-state index contributed by atoms with van der Waals surface area (Å²) >= 11 is 0. The lowest BCUT2D eigenvalue weighted by molar-refractivity contribution is 0.103. The fraction of sp³-hybridized carbons (Fsp3) is 0.350. The summed E-state index contributed by atoms with van der Waals surface area (Å²) in [6.45, 7) is 14.5. The monoisotopic (exact) mass is 280 g/mol. The largest absolute Gasteiger partial charge is 0.289 e. The van der Waals surface area contributed by atoms with Crippen molar-refractivity contribution >= 4 is 5.78 Å². The maximum absolute atomic E-state index is 13.1. The summed E-state index contributed by atoms with van der Waals surface area (Å²) in [6.07, 6.45) is 0. The van der Waals surface area contributed by atoms with Crippen molar-refractivity contribution in [3.8, 4) is 0 Å². The molecule has 0 amide bonds. The first-order valence-corrected chi connectivity index (χ1v) is 7.44. The molecule has 0 atom stereocenters. The predicted octanol–water partition coefficient (Wildman–Crippen LogP) is 5.08. The maximum Gasteiger partial charge on any atom is 0.193 e. The number of rotatable bonds is 2. The highest BCUT2D eigenvalue weighted by molar-refractivity contribution is 6.12. The van der Waals surface area contributed by atoms with Crippen molar-refractivity contribution in [2.45, 2.75) is 48.5 Å². The first-order chi connectivity index (χ1) is 9.75. The van der Waals surface area contributed by atoms with Crippen LogP contribution in [0.3, 0.4) is 0 Å². The lowest BCUT2D eigenvalue weighted by Crippen LogP contribution is -2.12. The molecule has 0 aromatic heterocycles. The molecule has 0 spiro atoms. The molecule has 2 aromatic carbocycles. The fourth-order valence-electron chi connectivity index (χ4n) is 2.96. The van der Waals surface area contributed by atoms with Crippen LogP contribution in [0.25, 0.3) is 0 Å². The SMILES string of the molecule is Cc1ccc(C)c(C(=O)c2c(C)c(C)c(C)c(C)c2C)c1. The van der Waals surface area contributed by atoms with E-state index in [2.05, 4.69) is 40.7 Å². The minimum Gasteiger partial charge on any atom is -0.289 e. The summed E-state index contributed by atoms with van der Waals surface area (Å²) in [7, 11) is 0. The van der Waals surface area contributed by atoms with Crippen molar-refractivity contribution < 1.29 is 4.79 Å². The van der Waals surface area contributed by atoms with Crippen LogP contribution in [0.15, 0.2) is 18.2 Å². The molecule has 110 valence electrons. The third kappa shape index (κ3) is 2.53. The van der Waals surface area contributed by atoms with Gasteiger partial charge in [0.25, 0.3) is 0 Å². The van der Waals surface area contributed by atoms with E-state index in [1.807, 2.05) is 26.0 Å². The minimum atomic E-state index is 0.150. The highest BCUT2D eigenvalue weighted by Gasteiger charge is 2.20. The van der Waals surface area contributed by atoms with Crippen LogP contribution < -0.4 is 0 Å². The van der Waals surface area contributed by atoms with Crippen LogP contribution in [0.4, 0.5) is 0 Å². The molecule has 2 rings (SSSR count). The highest BCUT2D eigenvalue weighted by atomic mass is 16.1. The average Bonchev–Trinajstić information content (AvgIpc) is 2.45. The Morgan fingerprint density at radius 1 is 0.714 bits per heavy atom. The lowest BCUT2D eigenvalue weighted by Gasteiger charge is -2.18. The first kappa shape index (κ1) is 15.5. The van der Waals surface area contributed by atoms with Crippen molar-refractivity contribution in [2.75, 3.05) is 0 Å². The van der Waals surface area contributed by atoms with Gasteiger partial charge >= 0.3 is 0 Å². The zero-order valence-electron chi connectivity index (χ0n) is 14.1. The quantitative estimate of drug-likeness (QED) is 0.701. The van der Waals surface area contributed by atoms with E-state index < -0.39 is 0 Å². The summed E-state index contributed by atoms with van der Waals surface area (Å²) in [5.41, 5.74) is 9.84. The number of hydrogen-bond acceptors (Lipinski definition) is 1. The van der Waals surface area contributed by atoms with E-state index in [9.17, 15) is 4.79 Å². The molecule has 0 fully saturated rings. The topological polar surface area (TPSA) is 17.1 Å². The third-order valence-electron chi connectivity index (χ3n) is 4.86. The average molecular weight is 280 g/mol. The molecule has 0 aliphatic rings. The number of carbonyl (C=O) groups is 1. The molecule has 21 heavy (non-hydrogen) atoms. The van der Waals surface area contributed by atoms with E-state index in [1.165, 1.54) is 16.7 Å². The summed E-state index contributed by atoms with van der Waals surface area (Å²) in [4.78, 5) is 13.1. The maximum atomic E-state index is 13.1. The van der Waals surface area contributed by atoms with Gasteiger partial charge in [-0.3, -0.25) is 4.79 Å². The van der Waals surface area contributed by atoms with Gasteiger partial charge < -0.3 is 0 Å². The Balaban J connectivity index is 2.73. The second kappa shape index (κ2) is 5.48. The Hall–Kier alpha value is -1.89. The molecule has 0 saturated heterocycles. The van der Waals surface area contributed by atoms with Crippen molar-refractivity contribution in [1.29, 1.82) is 0 Å². The van der Waals surface area contributed by atoms with Crippen LogP contribution in [0.2, 0.25) is 0 Å². The van der Waals surface area contributed by atoms with Crippen LogP contribution in [0.1, 0.15) is 54.9 Å². The van der Waals surface area contributed by atoms with Gasteiger partial charge in [0.15, 0.2) is 5.78 Å². The minimum absolute atomic E-state index is 0.150. The number of aryl methyl sites for hydroxylation is 2. The molecule has 1 heteroatoms. The zero-order valence-corrected chi connectivity index (χ0v) is 14.1. The van der Waals surface area contributed by atoms with Gasteiger partial charge in [-0.25, -0.2) is 0 Å². The van der Waals surface area contributed by atoms with Crippen LogP contribution in [-0.4, -0.2) is 5.78 Å². The van der Waals surface area contributed by atoms with Crippen LogP contribution in [0.5, 0.6) is 0 Å². The van der Waals surface area contributed by atoms with E-state index in [0.29, 0.717) is 0 Å². The third-order valence-corrected chi connectivity index (χ3v) is 4.86. The fourth-order valence-corrected chi connectivity index (χ4v) is 2.96. The highest BCUT2D eigenvalue weighted by Crippen LogP contribution is 2.28. The van der Waals surface area contributed by atoms with Crippen LogP contribution in [0, 0.1) is 48.5 Å². The van der Waals surface area contributed by atoms with Gasteiger partial charge in [-0.15, -0.1) is 0 Å². The van der Waals surface area contributed by atoms with E-state index in [-0.39, 0.29) is 5.78 Å². The van der Waals surface area contributed by atoms with Crippen LogP contribution >= 0.6 is 0 Å². The summed E-state index contributed by atoms with van der Waals surface area (Å²) in [5, 5.41) is 0. The Morgan fingerprint density at radius 3 is 1.71 bits per heavy atom. The van der Waals surface area contributed by atoms with E-state index >= 15 is 0 Å². The summed E-state index contributed by atoms with van der Waals surface area (Å²) in [6, 6.07) is 6.08. The van der Waals surface area contributed by atoms with Crippen molar-refractivity contribution in [3.63, 3.8) is 0 Å². The smallest absolute Gasteiger partial charge is 0.193 e. The summed E-state index contributed by atoms with van der Waals surface area (Å²) in [5.74, 6) is 0.150. The molecular weight excluding hydrogens is 256 g/mol. The first-order valence-electron chi connectivity index (χ1n) is 7.44. The number of benzene rings is 2. The van der Waals surface area contributed by atoms with Gasteiger partial charge in [0.2, 0.25) is 0 Å². The van der Waals surface area contributed by atoms with Gasteiger partial charge in [0.1, 0.15) is 0 Å². The molecule has 2 aromatic rings. The van der Waals surface area contributed by atoms with Crippen LogP contribution in [-0.2, 0) is 0 Å². The molecule has 0 radical (unpaired) electrons. The second-order valence-electron chi connectivity index (χ2n) is 6.15. The van der Waals surface area contributed by atoms with Gasteiger partial charge in [0, 0.05) is 11.1 Å². The van der Waals surface area contributed by atoms with E-state index in [0.717, 1.165) is 33.4 Å².